The molecule has 1 aliphatic rings. The van der Waals surface area contributed by atoms with E-state index in [1.54, 1.807) is 0 Å². The maximum absolute atomic E-state index is 8.54. The summed E-state index contributed by atoms with van der Waals surface area (Å²) >= 11 is 0. The summed E-state index contributed by atoms with van der Waals surface area (Å²) in [5, 5.41) is 8.54. The highest BCUT2D eigenvalue weighted by Crippen LogP contribution is 2.29. The largest absolute Gasteiger partial charge is 0.489 e. The van der Waals surface area contributed by atoms with Crippen molar-refractivity contribution < 1.29 is 9.84 Å². The van der Waals surface area contributed by atoms with Crippen molar-refractivity contribution in [3.8, 4) is 5.75 Å². The van der Waals surface area contributed by atoms with Crippen LogP contribution in [0.5, 0.6) is 5.75 Å². The van der Waals surface area contributed by atoms with Gasteiger partial charge < -0.3 is 14.7 Å². The van der Waals surface area contributed by atoms with E-state index in [1.165, 1.54) is 11.3 Å². The molecule has 0 amide bonds. The number of hydrogen-bond donors (Lipinski definition) is 1. The van der Waals surface area contributed by atoms with Crippen LogP contribution in [0.1, 0.15) is 25.0 Å². The fourth-order valence-electron chi connectivity index (χ4n) is 3.64. The minimum Gasteiger partial charge on any atom is -0.489 e. The van der Waals surface area contributed by atoms with Gasteiger partial charge in [0.2, 0.25) is 0 Å². The van der Waals surface area contributed by atoms with Gasteiger partial charge in [0.15, 0.2) is 0 Å². The molecule has 0 radical (unpaired) electrons. The Kier molecular flexibility index (Phi) is 8.95. The maximum atomic E-state index is 8.54. The van der Waals surface area contributed by atoms with Crippen molar-refractivity contribution in [2.75, 3.05) is 31.1 Å². The molecule has 0 saturated carbocycles. The third-order valence-corrected chi connectivity index (χ3v) is 5.22. The van der Waals surface area contributed by atoms with Gasteiger partial charge in [-0.3, -0.25) is 4.90 Å². The Balaban J connectivity index is 0.000000287. The van der Waals surface area contributed by atoms with Gasteiger partial charge in [-0.05, 0) is 37.1 Å². The molecule has 164 valence electrons. The molecule has 0 unspecified atom stereocenters. The normalized spacial score (nSPS) is 14.1. The van der Waals surface area contributed by atoms with Crippen LogP contribution in [0.25, 0.3) is 0 Å². The molecule has 0 aliphatic carbocycles. The van der Waals surface area contributed by atoms with Crippen LogP contribution in [0, 0.1) is 0 Å². The van der Waals surface area contributed by atoms with E-state index in [0.717, 1.165) is 44.0 Å². The number of aliphatic hydroxyl groups is 1. The molecule has 0 aromatic heterocycles. The molecule has 1 aliphatic heterocycles. The van der Waals surface area contributed by atoms with Crippen LogP contribution in [0.15, 0.2) is 84.9 Å². The molecule has 1 saturated heterocycles. The summed E-state index contributed by atoms with van der Waals surface area (Å²) in [6.07, 6.45) is 0.204. The summed E-state index contributed by atoms with van der Waals surface area (Å²) in [6, 6.07) is 28.6. The molecule has 1 heterocycles. The van der Waals surface area contributed by atoms with E-state index in [0.29, 0.717) is 0 Å². The summed E-state index contributed by atoms with van der Waals surface area (Å²) in [7, 11) is 0. The molecule has 4 nitrogen and oxygen atoms in total. The standard InChI is InChI=1S/C20H26N2O.C7H8O/c1-17(2)23-20-11-7-6-10-19(20)22-14-12-21(13-15-22)16-18-8-4-3-5-9-18;8-6-7-4-2-1-3-5-7/h3-11,17H,12-16H2,1-2H3;1-5,8H,6H2. The Labute approximate surface area is 186 Å². The SMILES string of the molecule is CC(C)Oc1ccccc1N1CCN(Cc2ccccc2)CC1.OCc1ccccc1. The predicted molar refractivity (Wildman–Crippen MR) is 129 cm³/mol. The van der Waals surface area contributed by atoms with E-state index >= 15 is 0 Å². The van der Waals surface area contributed by atoms with Crippen molar-refractivity contribution >= 4 is 5.69 Å². The zero-order valence-corrected chi connectivity index (χ0v) is 18.7. The molecule has 0 bridgehead atoms. The number of rotatable bonds is 6. The summed E-state index contributed by atoms with van der Waals surface area (Å²) in [6.45, 7) is 9.61. The molecule has 4 rings (SSSR count). The Hall–Kier alpha value is -2.82. The van der Waals surface area contributed by atoms with Crippen molar-refractivity contribution in [3.63, 3.8) is 0 Å². The first-order valence-electron chi connectivity index (χ1n) is 11.1. The molecule has 0 spiro atoms. The molecule has 4 heteroatoms. The number of piperazine rings is 1. The average Bonchev–Trinajstić information content (AvgIpc) is 2.81. The van der Waals surface area contributed by atoms with E-state index in [9.17, 15) is 0 Å². The van der Waals surface area contributed by atoms with Crippen LogP contribution >= 0.6 is 0 Å². The Morgan fingerprint density at radius 1 is 0.742 bits per heavy atom. The summed E-state index contributed by atoms with van der Waals surface area (Å²) in [5.41, 5.74) is 3.58. The first kappa shape index (κ1) is 22.9. The lowest BCUT2D eigenvalue weighted by Gasteiger charge is -2.37. The van der Waals surface area contributed by atoms with Gasteiger partial charge in [-0.1, -0.05) is 72.8 Å². The monoisotopic (exact) mass is 418 g/mol. The minimum atomic E-state index is 0.140. The van der Waals surface area contributed by atoms with Crippen LogP contribution in [-0.2, 0) is 13.2 Å². The fraction of sp³-hybridized carbons (Fsp3) is 0.333. The lowest BCUT2D eigenvalue weighted by Crippen LogP contribution is -2.46. The van der Waals surface area contributed by atoms with Gasteiger partial charge in [-0.15, -0.1) is 0 Å². The highest BCUT2D eigenvalue weighted by atomic mass is 16.5. The summed E-state index contributed by atoms with van der Waals surface area (Å²) < 4.78 is 5.97. The van der Waals surface area contributed by atoms with Gasteiger partial charge in [0.1, 0.15) is 5.75 Å². The summed E-state index contributed by atoms with van der Waals surface area (Å²) in [4.78, 5) is 4.97. The van der Waals surface area contributed by atoms with Gasteiger partial charge in [-0.2, -0.15) is 0 Å². The second-order valence-electron chi connectivity index (χ2n) is 8.03. The van der Waals surface area contributed by atoms with Crippen molar-refractivity contribution in [1.29, 1.82) is 0 Å². The third-order valence-electron chi connectivity index (χ3n) is 5.22. The van der Waals surface area contributed by atoms with Gasteiger partial charge >= 0.3 is 0 Å². The van der Waals surface area contributed by atoms with E-state index in [1.807, 2.05) is 36.4 Å². The number of aliphatic hydroxyl groups excluding tert-OH is 1. The second-order valence-corrected chi connectivity index (χ2v) is 8.03. The topological polar surface area (TPSA) is 35.9 Å². The van der Waals surface area contributed by atoms with E-state index in [2.05, 4.69) is 72.2 Å². The van der Waals surface area contributed by atoms with Crippen LogP contribution in [0.4, 0.5) is 5.69 Å². The van der Waals surface area contributed by atoms with Crippen molar-refractivity contribution in [2.45, 2.75) is 33.1 Å². The zero-order valence-electron chi connectivity index (χ0n) is 18.7. The lowest BCUT2D eigenvalue weighted by molar-refractivity contribution is 0.235. The van der Waals surface area contributed by atoms with Gasteiger partial charge in [0.05, 0.1) is 18.4 Å². The van der Waals surface area contributed by atoms with Crippen molar-refractivity contribution in [3.05, 3.63) is 96.1 Å². The third kappa shape index (κ3) is 7.42. The second kappa shape index (κ2) is 12.1. The number of para-hydroxylation sites is 2. The smallest absolute Gasteiger partial charge is 0.142 e. The van der Waals surface area contributed by atoms with E-state index in [4.69, 9.17) is 9.84 Å². The molecule has 0 atom stereocenters. The molecular formula is C27H34N2O2. The minimum absolute atomic E-state index is 0.140. The van der Waals surface area contributed by atoms with Crippen LogP contribution < -0.4 is 9.64 Å². The fourth-order valence-corrected chi connectivity index (χ4v) is 3.64. The molecular weight excluding hydrogens is 384 g/mol. The maximum Gasteiger partial charge on any atom is 0.142 e. The number of ether oxygens (including phenoxy) is 1. The zero-order chi connectivity index (χ0) is 21.9. The predicted octanol–water partition coefficient (Wildman–Crippen LogP) is 4.97. The van der Waals surface area contributed by atoms with Crippen LogP contribution in [0.3, 0.4) is 0 Å². The molecule has 31 heavy (non-hydrogen) atoms. The number of benzene rings is 3. The van der Waals surface area contributed by atoms with E-state index in [-0.39, 0.29) is 12.7 Å². The molecule has 1 fully saturated rings. The Morgan fingerprint density at radius 3 is 1.84 bits per heavy atom. The Morgan fingerprint density at radius 2 is 1.29 bits per heavy atom. The number of hydrogen-bond acceptors (Lipinski definition) is 4. The average molecular weight is 419 g/mol. The van der Waals surface area contributed by atoms with E-state index < -0.39 is 0 Å². The molecule has 3 aromatic carbocycles. The van der Waals surface area contributed by atoms with Gasteiger partial charge in [0, 0.05) is 32.7 Å². The van der Waals surface area contributed by atoms with Gasteiger partial charge in [0.25, 0.3) is 0 Å². The first-order valence-corrected chi connectivity index (χ1v) is 11.1. The van der Waals surface area contributed by atoms with Crippen molar-refractivity contribution in [2.24, 2.45) is 0 Å². The van der Waals surface area contributed by atoms with Gasteiger partial charge in [-0.25, -0.2) is 0 Å². The molecule has 1 N–H and O–H groups in total. The first-order chi connectivity index (χ1) is 15.2. The highest BCUT2D eigenvalue weighted by Gasteiger charge is 2.20. The van der Waals surface area contributed by atoms with Crippen LogP contribution in [-0.4, -0.2) is 42.3 Å². The molecule has 3 aromatic rings. The Bertz CT molecular complexity index is 876. The summed E-state index contributed by atoms with van der Waals surface area (Å²) in [5.74, 6) is 0.999. The number of nitrogens with zero attached hydrogens (tertiary/aromatic N) is 2. The van der Waals surface area contributed by atoms with Crippen molar-refractivity contribution in [1.82, 2.24) is 4.90 Å². The number of anilines is 1. The lowest BCUT2D eigenvalue weighted by atomic mass is 10.2. The highest BCUT2D eigenvalue weighted by molar-refractivity contribution is 5.58. The van der Waals surface area contributed by atoms with Crippen LogP contribution in [0.2, 0.25) is 0 Å². The quantitative estimate of drug-likeness (QED) is 0.613.